The number of ether oxygens (including phenoxy) is 1. The molecule has 0 spiro atoms. The Morgan fingerprint density at radius 3 is 2.60 bits per heavy atom. The van der Waals surface area contributed by atoms with Crippen LogP contribution in [0.5, 0.6) is 5.75 Å². The molecule has 0 saturated carbocycles. The Morgan fingerprint density at radius 2 is 2.00 bits per heavy atom. The van der Waals surface area contributed by atoms with E-state index in [1.165, 1.54) is 0 Å². The highest BCUT2D eigenvalue weighted by molar-refractivity contribution is 14.0. The smallest absolute Gasteiger partial charge is 0.191 e. The first kappa shape index (κ1) is 19.0. The van der Waals surface area contributed by atoms with Crippen LogP contribution in [0.15, 0.2) is 29.3 Å². The third-order valence-electron chi connectivity index (χ3n) is 2.94. The van der Waals surface area contributed by atoms with Crippen LogP contribution in [0.1, 0.15) is 32.8 Å². The summed E-state index contributed by atoms with van der Waals surface area (Å²) in [4.78, 5) is 4.22. The summed E-state index contributed by atoms with van der Waals surface area (Å²) in [5, 5.41) is 6.64. The van der Waals surface area contributed by atoms with Gasteiger partial charge in [0.1, 0.15) is 5.75 Å². The van der Waals surface area contributed by atoms with Crippen molar-refractivity contribution in [2.75, 3.05) is 13.7 Å². The molecule has 0 bridgehead atoms. The summed E-state index contributed by atoms with van der Waals surface area (Å²) in [6.07, 6.45) is 1.07. The summed E-state index contributed by atoms with van der Waals surface area (Å²) in [5.41, 5.74) is 1.14. The number of rotatable bonds is 6. The Kier molecular flexibility index (Phi) is 10.2. The zero-order chi connectivity index (χ0) is 14.1. The quantitative estimate of drug-likeness (QED) is 0.445. The summed E-state index contributed by atoms with van der Waals surface area (Å²) in [7, 11) is 1.78. The predicted molar refractivity (Wildman–Crippen MR) is 96.1 cm³/mol. The monoisotopic (exact) mass is 391 g/mol. The molecule has 20 heavy (non-hydrogen) atoms. The maximum absolute atomic E-state index is 5.60. The minimum Gasteiger partial charge on any atom is -0.494 e. The van der Waals surface area contributed by atoms with Crippen molar-refractivity contribution in [3.63, 3.8) is 0 Å². The number of benzene rings is 1. The first-order valence-corrected chi connectivity index (χ1v) is 6.89. The Hall–Kier alpha value is -0.980. The maximum Gasteiger partial charge on any atom is 0.191 e. The van der Waals surface area contributed by atoms with Crippen LogP contribution in [0.2, 0.25) is 0 Å². The summed E-state index contributed by atoms with van der Waals surface area (Å²) >= 11 is 0. The number of hydrogen-bond donors (Lipinski definition) is 2. The zero-order valence-corrected chi connectivity index (χ0v) is 15.1. The van der Waals surface area contributed by atoms with Gasteiger partial charge in [0.05, 0.1) is 6.61 Å². The molecule has 1 aromatic rings. The second-order valence-corrected chi connectivity index (χ2v) is 4.42. The highest BCUT2D eigenvalue weighted by Crippen LogP contribution is 2.17. The second-order valence-electron chi connectivity index (χ2n) is 4.42. The molecular formula is C15H26IN3O. The summed E-state index contributed by atoms with van der Waals surface area (Å²) in [6.45, 7) is 7.66. The first-order valence-electron chi connectivity index (χ1n) is 6.89. The van der Waals surface area contributed by atoms with Crippen molar-refractivity contribution in [3.05, 3.63) is 29.8 Å². The molecule has 0 aliphatic rings. The van der Waals surface area contributed by atoms with E-state index in [2.05, 4.69) is 35.5 Å². The van der Waals surface area contributed by atoms with Gasteiger partial charge in [0.15, 0.2) is 5.96 Å². The number of para-hydroxylation sites is 1. The van der Waals surface area contributed by atoms with Crippen LogP contribution in [0.4, 0.5) is 0 Å². The van der Waals surface area contributed by atoms with Gasteiger partial charge in [-0.2, -0.15) is 0 Å². The van der Waals surface area contributed by atoms with E-state index in [0.29, 0.717) is 19.2 Å². The van der Waals surface area contributed by atoms with Crippen LogP contribution >= 0.6 is 24.0 Å². The van der Waals surface area contributed by atoms with Gasteiger partial charge < -0.3 is 15.4 Å². The highest BCUT2D eigenvalue weighted by Gasteiger charge is 2.05. The van der Waals surface area contributed by atoms with Crippen LogP contribution in [0.25, 0.3) is 0 Å². The molecule has 114 valence electrons. The van der Waals surface area contributed by atoms with Gasteiger partial charge in [-0.25, -0.2) is 0 Å². The lowest BCUT2D eigenvalue weighted by Gasteiger charge is -2.17. The molecule has 0 aromatic heterocycles. The standard InChI is InChI=1S/C15H25N3O.HI/c1-5-12(3)18-15(16-4)17-11-13-9-7-8-10-14(13)19-6-2;/h7-10,12H,5-6,11H2,1-4H3,(H2,16,17,18);1H. The van der Waals surface area contributed by atoms with E-state index in [1.54, 1.807) is 7.05 Å². The van der Waals surface area contributed by atoms with Crippen molar-refractivity contribution >= 4 is 29.9 Å². The Morgan fingerprint density at radius 1 is 1.30 bits per heavy atom. The summed E-state index contributed by atoms with van der Waals surface area (Å²) in [6, 6.07) is 8.47. The van der Waals surface area contributed by atoms with Crippen LogP contribution in [0.3, 0.4) is 0 Å². The normalized spacial score (nSPS) is 12.3. The van der Waals surface area contributed by atoms with E-state index >= 15 is 0 Å². The minimum absolute atomic E-state index is 0. The SMILES string of the molecule is CCOc1ccccc1CNC(=NC)NC(C)CC.I. The number of halogens is 1. The zero-order valence-electron chi connectivity index (χ0n) is 12.8. The molecule has 5 heteroatoms. The molecule has 0 aliphatic heterocycles. The fraction of sp³-hybridized carbons (Fsp3) is 0.533. The fourth-order valence-corrected chi connectivity index (χ4v) is 1.66. The number of nitrogens with zero attached hydrogens (tertiary/aromatic N) is 1. The Bertz CT molecular complexity index is 410. The van der Waals surface area contributed by atoms with Crippen molar-refractivity contribution < 1.29 is 4.74 Å². The molecule has 1 aromatic carbocycles. The van der Waals surface area contributed by atoms with Gasteiger partial charge in [-0.15, -0.1) is 24.0 Å². The van der Waals surface area contributed by atoms with E-state index in [-0.39, 0.29) is 24.0 Å². The number of nitrogens with one attached hydrogen (secondary N) is 2. The van der Waals surface area contributed by atoms with E-state index in [4.69, 9.17) is 4.74 Å². The lowest BCUT2D eigenvalue weighted by molar-refractivity contribution is 0.336. The largest absolute Gasteiger partial charge is 0.494 e. The third kappa shape index (κ3) is 6.45. The van der Waals surface area contributed by atoms with Gasteiger partial charge in [0.2, 0.25) is 0 Å². The first-order chi connectivity index (χ1) is 9.21. The number of guanidine groups is 1. The van der Waals surface area contributed by atoms with E-state index in [0.717, 1.165) is 23.7 Å². The van der Waals surface area contributed by atoms with Crippen molar-refractivity contribution in [3.8, 4) is 5.75 Å². The molecule has 0 amide bonds. The van der Waals surface area contributed by atoms with E-state index in [9.17, 15) is 0 Å². The molecular weight excluding hydrogens is 365 g/mol. The molecule has 0 saturated heterocycles. The van der Waals surface area contributed by atoms with E-state index < -0.39 is 0 Å². The lowest BCUT2D eigenvalue weighted by Crippen LogP contribution is -2.41. The van der Waals surface area contributed by atoms with Crippen LogP contribution in [-0.2, 0) is 6.54 Å². The van der Waals surface area contributed by atoms with Crippen LogP contribution in [-0.4, -0.2) is 25.7 Å². The third-order valence-corrected chi connectivity index (χ3v) is 2.94. The van der Waals surface area contributed by atoms with Crippen molar-refractivity contribution in [1.82, 2.24) is 10.6 Å². The molecule has 4 nitrogen and oxygen atoms in total. The molecule has 0 aliphatic carbocycles. The average Bonchev–Trinajstić information content (AvgIpc) is 2.44. The Labute approximate surface area is 139 Å². The highest BCUT2D eigenvalue weighted by atomic mass is 127. The van der Waals surface area contributed by atoms with Gasteiger partial charge in [0.25, 0.3) is 0 Å². The molecule has 0 heterocycles. The maximum atomic E-state index is 5.60. The molecule has 1 atom stereocenters. The lowest BCUT2D eigenvalue weighted by atomic mass is 10.2. The van der Waals surface area contributed by atoms with Gasteiger partial charge in [-0.1, -0.05) is 25.1 Å². The molecule has 2 N–H and O–H groups in total. The molecule has 1 rings (SSSR count). The summed E-state index contributed by atoms with van der Waals surface area (Å²) < 4.78 is 5.60. The van der Waals surface area contributed by atoms with Gasteiger partial charge in [-0.3, -0.25) is 4.99 Å². The van der Waals surface area contributed by atoms with Gasteiger partial charge in [0, 0.05) is 25.2 Å². The summed E-state index contributed by atoms with van der Waals surface area (Å²) in [5.74, 6) is 1.75. The van der Waals surface area contributed by atoms with Gasteiger partial charge in [-0.05, 0) is 26.3 Å². The van der Waals surface area contributed by atoms with Crippen LogP contribution in [0, 0.1) is 0 Å². The predicted octanol–water partition coefficient (Wildman–Crippen LogP) is 3.17. The van der Waals surface area contributed by atoms with Crippen molar-refractivity contribution in [2.45, 2.75) is 39.8 Å². The molecule has 0 fully saturated rings. The topological polar surface area (TPSA) is 45.6 Å². The fourth-order valence-electron chi connectivity index (χ4n) is 1.66. The van der Waals surface area contributed by atoms with E-state index in [1.807, 2.05) is 25.1 Å². The Balaban J connectivity index is 0.00000361. The van der Waals surface area contributed by atoms with Crippen molar-refractivity contribution in [2.24, 2.45) is 4.99 Å². The number of hydrogen-bond acceptors (Lipinski definition) is 2. The molecule has 0 radical (unpaired) electrons. The minimum atomic E-state index is 0. The van der Waals surface area contributed by atoms with Crippen LogP contribution < -0.4 is 15.4 Å². The average molecular weight is 391 g/mol. The number of aliphatic imine (C=N–C) groups is 1. The van der Waals surface area contributed by atoms with Gasteiger partial charge >= 0.3 is 0 Å². The van der Waals surface area contributed by atoms with Crippen molar-refractivity contribution in [1.29, 1.82) is 0 Å². The second kappa shape index (κ2) is 10.8. The molecule has 1 unspecified atom stereocenters.